The molecule has 0 radical (unpaired) electrons. The lowest BCUT2D eigenvalue weighted by Crippen LogP contribution is -2.44. The third-order valence-electron chi connectivity index (χ3n) is 2.43. The zero-order valence-electron chi connectivity index (χ0n) is 7.84. The minimum absolute atomic E-state index is 0.0683. The largest absolute Gasteiger partial charge is 0.336 e. The maximum absolute atomic E-state index is 11.4. The summed E-state index contributed by atoms with van der Waals surface area (Å²) in [5.74, 6) is 0.180. The van der Waals surface area contributed by atoms with E-state index in [0.717, 1.165) is 0 Å². The number of nitrogens with zero attached hydrogens (tertiary/aromatic N) is 3. The van der Waals surface area contributed by atoms with E-state index < -0.39 is 0 Å². The number of Topliss-reactive ketones (excluding diaryl/α,β-unsaturated/α-hetero) is 1. The predicted octanol–water partition coefficient (Wildman–Crippen LogP) is 0.477. The lowest BCUT2D eigenvalue weighted by Gasteiger charge is -2.28. The Morgan fingerprint density at radius 3 is 3.00 bits per heavy atom. The first-order valence-corrected chi connectivity index (χ1v) is 4.55. The van der Waals surface area contributed by atoms with Crippen molar-refractivity contribution in [3.63, 3.8) is 0 Å². The van der Waals surface area contributed by atoms with Crippen LogP contribution < -0.4 is 0 Å². The molecular weight excluding hydrogens is 166 g/mol. The molecule has 2 unspecified atom stereocenters. The van der Waals surface area contributed by atoms with E-state index in [-0.39, 0.29) is 18.0 Å². The number of carbonyl (C=O) groups is 1. The zero-order chi connectivity index (χ0) is 9.42. The van der Waals surface area contributed by atoms with Crippen LogP contribution in [-0.4, -0.2) is 41.5 Å². The fourth-order valence-electron chi connectivity index (χ4n) is 1.68. The van der Waals surface area contributed by atoms with Crippen molar-refractivity contribution in [3.05, 3.63) is 0 Å². The summed E-state index contributed by atoms with van der Waals surface area (Å²) in [4.78, 5) is 21.9. The Bertz CT molecular complexity index is 283. The third kappa shape index (κ3) is 1.26. The maximum Gasteiger partial charge on any atom is 0.166 e. The van der Waals surface area contributed by atoms with E-state index in [0.29, 0.717) is 12.5 Å². The highest BCUT2D eigenvalue weighted by molar-refractivity contribution is 5.99. The first-order valence-electron chi connectivity index (χ1n) is 4.55. The van der Waals surface area contributed by atoms with E-state index >= 15 is 0 Å². The van der Waals surface area contributed by atoms with Crippen LogP contribution in [0.3, 0.4) is 0 Å². The van der Waals surface area contributed by atoms with Crippen molar-refractivity contribution >= 4 is 18.3 Å². The molecule has 70 valence electrons. The van der Waals surface area contributed by atoms with Gasteiger partial charge in [0.25, 0.3) is 0 Å². The van der Waals surface area contributed by atoms with Gasteiger partial charge in [-0.15, -0.1) is 0 Å². The Morgan fingerprint density at radius 2 is 2.31 bits per heavy atom. The average Bonchev–Trinajstić information content (AvgIpc) is 2.48. The molecule has 0 saturated carbocycles. The van der Waals surface area contributed by atoms with Gasteiger partial charge in [0.05, 0.1) is 6.34 Å². The Hall–Kier alpha value is -1.19. The quantitative estimate of drug-likeness (QED) is 0.587. The highest BCUT2D eigenvalue weighted by Crippen LogP contribution is 2.21. The highest BCUT2D eigenvalue weighted by atomic mass is 16.1. The van der Waals surface area contributed by atoms with Gasteiger partial charge in [0, 0.05) is 18.7 Å². The van der Waals surface area contributed by atoms with E-state index in [9.17, 15) is 4.79 Å². The van der Waals surface area contributed by atoms with Crippen LogP contribution in [0.5, 0.6) is 0 Å². The number of aliphatic imine (C=N–C) groups is 2. The first-order chi connectivity index (χ1) is 6.20. The topological polar surface area (TPSA) is 45.0 Å². The summed E-state index contributed by atoms with van der Waals surface area (Å²) in [5.41, 5.74) is 0. The van der Waals surface area contributed by atoms with Gasteiger partial charge < -0.3 is 4.90 Å². The van der Waals surface area contributed by atoms with Crippen molar-refractivity contribution in [2.45, 2.75) is 38.5 Å². The molecule has 0 aromatic rings. The van der Waals surface area contributed by atoms with Gasteiger partial charge in [-0.1, -0.05) is 0 Å². The molecule has 4 heteroatoms. The van der Waals surface area contributed by atoms with E-state index in [4.69, 9.17) is 0 Å². The molecule has 0 aromatic carbocycles. The van der Waals surface area contributed by atoms with Crippen LogP contribution >= 0.6 is 0 Å². The second-order valence-corrected chi connectivity index (χ2v) is 3.67. The molecule has 2 heterocycles. The van der Waals surface area contributed by atoms with Crippen LogP contribution in [0, 0.1) is 0 Å². The Labute approximate surface area is 77.4 Å². The molecule has 0 aliphatic carbocycles. The summed E-state index contributed by atoms with van der Waals surface area (Å²) in [7, 11) is 0. The number of rotatable bonds is 1. The molecule has 0 saturated heterocycles. The number of fused-ring (bicyclic) bond motifs is 1. The molecule has 0 aromatic heterocycles. The molecule has 2 aliphatic heterocycles. The molecular formula is C9H13N3O. The monoisotopic (exact) mass is 179 g/mol. The maximum atomic E-state index is 11.4. The Kier molecular flexibility index (Phi) is 1.90. The lowest BCUT2D eigenvalue weighted by molar-refractivity contribution is -0.120. The normalized spacial score (nSPS) is 31.6. The van der Waals surface area contributed by atoms with Gasteiger partial charge in [-0.25, -0.2) is 0 Å². The van der Waals surface area contributed by atoms with Crippen molar-refractivity contribution in [2.75, 3.05) is 0 Å². The average molecular weight is 179 g/mol. The predicted molar refractivity (Wildman–Crippen MR) is 51.2 cm³/mol. The molecule has 2 rings (SSSR count). The lowest BCUT2D eigenvalue weighted by atomic mass is 10.1. The zero-order valence-corrected chi connectivity index (χ0v) is 7.84. The summed E-state index contributed by atoms with van der Waals surface area (Å²) in [6, 6.07) is 0.106. The van der Waals surface area contributed by atoms with E-state index in [1.807, 2.05) is 4.90 Å². The fourth-order valence-corrected chi connectivity index (χ4v) is 1.68. The molecule has 2 aliphatic rings. The van der Waals surface area contributed by atoms with Crippen LogP contribution in [-0.2, 0) is 4.79 Å². The summed E-state index contributed by atoms with van der Waals surface area (Å²) < 4.78 is 0. The van der Waals surface area contributed by atoms with Gasteiger partial charge in [0.2, 0.25) is 0 Å². The summed E-state index contributed by atoms with van der Waals surface area (Å²) in [6.45, 7) is 4.14. The van der Waals surface area contributed by atoms with Crippen LogP contribution in [0.2, 0.25) is 0 Å². The number of carbonyl (C=O) groups excluding carboxylic acids is 1. The van der Waals surface area contributed by atoms with Crippen molar-refractivity contribution in [1.82, 2.24) is 4.90 Å². The van der Waals surface area contributed by atoms with Gasteiger partial charge in [0.1, 0.15) is 0 Å². The SMILES string of the molecule is CC(C)N1C=NC2C(=O)CC=NC21. The number of hydrogen-bond acceptors (Lipinski definition) is 4. The van der Waals surface area contributed by atoms with Gasteiger partial charge in [-0.3, -0.25) is 14.8 Å². The molecule has 0 amide bonds. The van der Waals surface area contributed by atoms with Crippen LogP contribution in [0.25, 0.3) is 0 Å². The highest BCUT2D eigenvalue weighted by Gasteiger charge is 2.37. The van der Waals surface area contributed by atoms with Crippen molar-refractivity contribution in [2.24, 2.45) is 9.98 Å². The Balaban J connectivity index is 2.23. The number of hydrogen-bond donors (Lipinski definition) is 0. The minimum Gasteiger partial charge on any atom is -0.336 e. The van der Waals surface area contributed by atoms with Gasteiger partial charge in [0.15, 0.2) is 18.0 Å². The molecule has 2 atom stereocenters. The van der Waals surface area contributed by atoms with Gasteiger partial charge in [-0.2, -0.15) is 0 Å². The molecule has 0 spiro atoms. The first kappa shape index (κ1) is 8.41. The van der Waals surface area contributed by atoms with E-state index in [1.54, 1.807) is 12.6 Å². The molecule has 13 heavy (non-hydrogen) atoms. The standard InChI is InChI=1S/C9H13N3O/c1-6(2)12-5-11-8-7(13)3-4-10-9(8)12/h4-6,8-9H,3H2,1-2H3. The van der Waals surface area contributed by atoms with E-state index in [1.165, 1.54) is 0 Å². The van der Waals surface area contributed by atoms with Gasteiger partial charge >= 0.3 is 0 Å². The fraction of sp³-hybridized carbons (Fsp3) is 0.667. The van der Waals surface area contributed by atoms with Crippen LogP contribution in [0.15, 0.2) is 9.98 Å². The molecule has 0 bridgehead atoms. The minimum atomic E-state index is -0.243. The smallest absolute Gasteiger partial charge is 0.166 e. The third-order valence-corrected chi connectivity index (χ3v) is 2.43. The molecule has 4 nitrogen and oxygen atoms in total. The summed E-state index contributed by atoms with van der Waals surface area (Å²) in [5, 5.41) is 0. The van der Waals surface area contributed by atoms with Crippen molar-refractivity contribution in [3.8, 4) is 0 Å². The van der Waals surface area contributed by atoms with Crippen LogP contribution in [0.1, 0.15) is 20.3 Å². The van der Waals surface area contributed by atoms with Crippen molar-refractivity contribution in [1.29, 1.82) is 0 Å². The Morgan fingerprint density at radius 1 is 1.54 bits per heavy atom. The second-order valence-electron chi connectivity index (χ2n) is 3.67. The molecule has 0 fully saturated rings. The molecule has 0 N–H and O–H groups in total. The van der Waals surface area contributed by atoms with Gasteiger partial charge in [-0.05, 0) is 13.8 Å². The van der Waals surface area contributed by atoms with Crippen molar-refractivity contribution < 1.29 is 4.79 Å². The van der Waals surface area contributed by atoms with Crippen LogP contribution in [0.4, 0.5) is 0 Å². The van der Waals surface area contributed by atoms with E-state index in [2.05, 4.69) is 23.8 Å². The summed E-state index contributed by atoms with van der Waals surface area (Å²) >= 11 is 0. The number of ketones is 1. The second kappa shape index (κ2) is 2.94. The summed E-state index contributed by atoms with van der Waals surface area (Å²) in [6.07, 6.45) is 3.82.